The summed E-state index contributed by atoms with van der Waals surface area (Å²) < 4.78 is 63.6. The fourth-order valence-corrected chi connectivity index (χ4v) is 14.3. The Balaban J connectivity index is 0.000000285. The first-order chi connectivity index (χ1) is 35.9. The van der Waals surface area contributed by atoms with Crippen molar-refractivity contribution < 1.29 is 56.7 Å². The van der Waals surface area contributed by atoms with Crippen molar-refractivity contribution in [1.29, 1.82) is 0 Å². The van der Waals surface area contributed by atoms with Crippen molar-refractivity contribution in [2.45, 2.75) is 100 Å². The standard InChI is InChI=1S/C36H47O5P.C25H25O7P/c1-9-11-13-17-40-30-15-16-32(31(23-30)41-18-14-12-10-2)42(39,35(37)33-26(5)19-24(3)20-27(33)6)36(38)34-28(7)21-25(4)22-29(34)8;1-29-18-12-8-13-19(30-2)22(18)24(26)33(28,16-17-10-6-5-7-11-17)25(27)23-20(31-3)14-9-15-21(23)32-4/h15-16,19-23H,9-14,17-18H2,1-8H3;5-15H,16H2,1-4H3. The topological polar surface area (TPSA) is 158 Å². The lowest BCUT2D eigenvalue weighted by atomic mass is 10.0. The van der Waals surface area contributed by atoms with E-state index in [1.54, 1.807) is 84.9 Å². The third-order valence-corrected chi connectivity index (χ3v) is 18.0. The smallest absolute Gasteiger partial charge is 0.252 e. The molecule has 0 spiro atoms. The molecule has 0 heterocycles. The van der Waals surface area contributed by atoms with E-state index in [0.29, 0.717) is 57.9 Å². The molecule has 0 aliphatic heterocycles. The average Bonchev–Trinajstić information content (AvgIpc) is 3.39. The fourth-order valence-electron chi connectivity index (χ4n) is 9.26. The molecule has 0 saturated carbocycles. The second-order valence-electron chi connectivity index (χ2n) is 18.6. The van der Waals surface area contributed by atoms with Gasteiger partial charge in [0.05, 0.1) is 47.0 Å². The molecule has 0 unspecified atom stereocenters. The van der Waals surface area contributed by atoms with Crippen LogP contribution in [0.5, 0.6) is 34.5 Å². The Bertz CT molecular complexity index is 2870. The van der Waals surface area contributed by atoms with E-state index in [0.717, 1.165) is 49.7 Å². The predicted molar refractivity (Wildman–Crippen MR) is 299 cm³/mol. The van der Waals surface area contributed by atoms with Gasteiger partial charge in [-0.15, -0.1) is 0 Å². The highest BCUT2D eigenvalue weighted by molar-refractivity contribution is 8.01. The van der Waals surface area contributed by atoms with Gasteiger partial charge in [0.2, 0.25) is 29.2 Å². The molecule has 14 heteroatoms. The average molecular weight is 1060 g/mol. The second kappa shape index (κ2) is 27.2. The lowest BCUT2D eigenvalue weighted by Crippen LogP contribution is -2.25. The first-order valence-corrected chi connectivity index (χ1v) is 28.9. The van der Waals surface area contributed by atoms with Gasteiger partial charge in [-0.2, -0.15) is 0 Å². The number of carbonyl (C=O) groups excluding carboxylic acids is 4. The molecule has 6 aromatic carbocycles. The molecule has 0 aliphatic rings. The van der Waals surface area contributed by atoms with Crippen LogP contribution in [0, 0.1) is 41.5 Å². The minimum absolute atomic E-state index is 0.0519. The van der Waals surface area contributed by atoms with Crippen molar-refractivity contribution in [2.24, 2.45) is 0 Å². The van der Waals surface area contributed by atoms with Crippen molar-refractivity contribution >= 4 is 41.7 Å². The van der Waals surface area contributed by atoms with E-state index in [-0.39, 0.29) is 51.3 Å². The summed E-state index contributed by atoms with van der Waals surface area (Å²) in [6, 6.07) is 30.8. The van der Waals surface area contributed by atoms with Crippen LogP contribution in [0.15, 0.2) is 109 Å². The minimum atomic E-state index is -4.44. The quantitative estimate of drug-likeness (QED) is 0.0395. The Hall–Kier alpha value is -6.74. The molecular weight excluding hydrogens is 987 g/mol. The molecule has 12 nitrogen and oxygen atoms in total. The summed E-state index contributed by atoms with van der Waals surface area (Å²) in [5.74, 6) is 1.48. The Morgan fingerprint density at radius 2 is 0.827 bits per heavy atom. The summed E-state index contributed by atoms with van der Waals surface area (Å²) in [5, 5.41) is 0.133. The molecule has 398 valence electrons. The normalized spacial score (nSPS) is 11.2. The molecule has 0 saturated heterocycles. The number of unbranched alkanes of at least 4 members (excludes halogenated alkanes) is 4. The molecule has 0 aromatic heterocycles. The van der Waals surface area contributed by atoms with Crippen LogP contribution >= 0.6 is 14.3 Å². The molecule has 0 bridgehead atoms. The summed E-state index contributed by atoms with van der Waals surface area (Å²) >= 11 is 0. The Kier molecular flexibility index (Phi) is 21.4. The van der Waals surface area contributed by atoms with Crippen LogP contribution < -0.4 is 33.7 Å². The van der Waals surface area contributed by atoms with Crippen molar-refractivity contribution in [2.75, 3.05) is 41.7 Å². The monoisotopic (exact) mass is 1060 g/mol. The summed E-state index contributed by atoms with van der Waals surface area (Å²) in [6.07, 6.45) is 5.56. The Labute approximate surface area is 443 Å². The van der Waals surface area contributed by atoms with Gasteiger partial charge in [-0.1, -0.05) is 117 Å². The van der Waals surface area contributed by atoms with Gasteiger partial charge in [0, 0.05) is 23.4 Å². The summed E-state index contributed by atoms with van der Waals surface area (Å²) in [5.41, 5.74) is 2.88. The van der Waals surface area contributed by atoms with Gasteiger partial charge in [0.1, 0.15) is 45.6 Å². The third-order valence-electron chi connectivity index (χ3n) is 12.8. The van der Waals surface area contributed by atoms with Crippen molar-refractivity contribution in [3.05, 3.63) is 170 Å². The molecule has 0 radical (unpaired) electrons. The molecule has 75 heavy (non-hydrogen) atoms. The van der Waals surface area contributed by atoms with Crippen LogP contribution in [-0.2, 0) is 15.3 Å². The molecule has 0 aliphatic carbocycles. The number of hydrogen-bond acceptors (Lipinski definition) is 12. The van der Waals surface area contributed by atoms with E-state index in [2.05, 4.69) is 13.8 Å². The summed E-state index contributed by atoms with van der Waals surface area (Å²) in [6.45, 7) is 16.4. The number of methoxy groups -OCH3 is 4. The van der Waals surface area contributed by atoms with E-state index in [1.165, 1.54) is 28.4 Å². The van der Waals surface area contributed by atoms with E-state index in [1.807, 2.05) is 65.8 Å². The van der Waals surface area contributed by atoms with Gasteiger partial charge in [-0.25, -0.2) is 0 Å². The number of hydrogen-bond donors (Lipinski definition) is 0. The van der Waals surface area contributed by atoms with Crippen molar-refractivity contribution in [1.82, 2.24) is 0 Å². The highest BCUT2D eigenvalue weighted by atomic mass is 31.2. The highest BCUT2D eigenvalue weighted by Gasteiger charge is 2.48. The number of aryl methyl sites for hydroxylation is 6. The fraction of sp³-hybridized carbons (Fsp3) is 0.344. The van der Waals surface area contributed by atoms with Crippen LogP contribution in [0.2, 0.25) is 0 Å². The van der Waals surface area contributed by atoms with Crippen molar-refractivity contribution in [3.63, 3.8) is 0 Å². The maximum Gasteiger partial charge on any atom is 0.252 e. The zero-order valence-electron chi connectivity index (χ0n) is 45.5. The van der Waals surface area contributed by atoms with E-state index >= 15 is 4.57 Å². The molecular formula is C61H72O12P2. The number of ether oxygens (including phenoxy) is 6. The molecule has 0 fully saturated rings. The predicted octanol–water partition coefficient (Wildman–Crippen LogP) is 14.6. The first kappa shape index (κ1) is 59.1. The van der Waals surface area contributed by atoms with Crippen LogP contribution in [0.1, 0.15) is 133 Å². The van der Waals surface area contributed by atoms with Gasteiger partial charge in [0.25, 0.3) is 7.14 Å². The van der Waals surface area contributed by atoms with E-state index < -0.39 is 36.4 Å². The van der Waals surface area contributed by atoms with Crippen molar-refractivity contribution in [3.8, 4) is 34.5 Å². The number of carbonyl (C=O) groups is 4. The summed E-state index contributed by atoms with van der Waals surface area (Å²) in [4.78, 5) is 57.1. The van der Waals surface area contributed by atoms with Crippen LogP contribution in [0.4, 0.5) is 0 Å². The first-order valence-electron chi connectivity index (χ1n) is 25.3. The third kappa shape index (κ3) is 13.6. The maximum atomic E-state index is 15.5. The van der Waals surface area contributed by atoms with Crippen LogP contribution in [0.25, 0.3) is 0 Å². The molecule has 6 aromatic rings. The molecule has 6 rings (SSSR count). The SMILES string of the molecule is CCCCCOc1ccc(P(=O)(C(=O)c2c(C)cc(C)cc2C)C(=O)c2c(C)cc(C)cc2C)c(OCCCCC)c1.COc1cccc(OC)c1C(=O)P(=O)(Cc1ccccc1)C(=O)c1c(OC)cccc1OC. The lowest BCUT2D eigenvalue weighted by molar-refractivity contribution is 0.102. The van der Waals surface area contributed by atoms with Crippen LogP contribution in [0.3, 0.4) is 0 Å². The van der Waals surface area contributed by atoms with E-state index in [4.69, 9.17) is 28.4 Å². The Morgan fingerprint density at radius 1 is 0.427 bits per heavy atom. The molecule has 0 atom stereocenters. The highest BCUT2D eigenvalue weighted by Crippen LogP contribution is 2.59. The van der Waals surface area contributed by atoms with Gasteiger partial charge in [-0.3, -0.25) is 19.2 Å². The van der Waals surface area contributed by atoms with Gasteiger partial charge in [0.15, 0.2) is 0 Å². The zero-order valence-corrected chi connectivity index (χ0v) is 47.3. The van der Waals surface area contributed by atoms with E-state index in [9.17, 15) is 23.7 Å². The van der Waals surface area contributed by atoms with Gasteiger partial charge in [-0.05, 0) is 119 Å². The summed E-state index contributed by atoms with van der Waals surface area (Å²) in [7, 11) is -3.22. The van der Waals surface area contributed by atoms with Crippen LogP contribution in [-0.4, -0.2) is 63.8 Å². The zero-order chi connectivity index (χ0) is 55.0. The minimum Gasteiger partial charge on any atom is -0.496 e. The molecule has 0 amide bonds. The molecule has 0 N–H and O–H groups in total. The lowest BCUT2D eigenvalue weighted by Gasteiger charge is -2.23. The number of benzene rings is 6. The van der Waals surface area contributed by atoms with Gasteiger partial charge < -0.3 is 37.6 Å². The number of rotatable bonds is 25. The maximum absolute atomic E-state index is 15.5. The second-order valence-corrected chi connectivity index (χ2v) is 23.7. The Morgan fingerprint density at radius 3 is 1.21 bits per heavy atom. The van der Waals surface area contributed by atoms with Gasteiger partial charge >= 0.3 is 0 Å². The largest absolute Gasteiger partial charge is 0.496 e.